The molecule has 4 nitrogen and oxygen atoms in total. The van der Waals surface area contributed by atoms with Crippen LogP contribution in [0.1, 0.15) is 16.8 Å². The van der Waals surface area contributed by atoms with Crippen molar-refractivity contribution in [2.75, 3.05) is 11.9 Å². The summed E-state index contributed by atoms with van der Waals surface area (Å²) in [7, 11) is 0. The maximum Gasteiger partial charge on any atom is 0.433 e. The van der Waals surface area contributed by atoms with Gasteiger partial charge in [0.1, 0.15) is 5.69 Å². The summed E-state index contributed by atoms with van der Waals surface area (Å²) in [6.45, 7) is 0.930. The second-order valence-electron chi connectivity index (χ2n) is 4.47. The predicted octanol–water partition coefficient (Wildman–Crippen LogP) is 2.61. The molecule has 112 valence electrons. The van der Waals surface area contributed by atoms with E-state index in [9.17, 15) is 13.2 Å². The first kappa shape index (κ1) is 15.2. The van der Waals surface area contributed by atoms with Crippen molar-refractivity contribution in [2.24, 2.45) is 5.73 Å². The molecule has 0 unspecified atom stereocenters. The molecule has 0 bridgehead atoms. The number of hydrogen-bond acceptors (Lipinski definition) is 4. The minimum Gasteiger partial charge on any atom is -0.350 e. The Kier molecular flexibility index (Phi) is 4.74. The molecule has 2 aromatic rings. The van der Waals surface area contributed by atoms with Crippen molar-refractivity contribution in [2.45, 2.75) is 19.1 Å². The highest BCUT2D eigenvalue weighted by atomic mass is 19.4. The van der Waals surface area contributed by atoms with E-state index in [0.29, 0.717) is 13.1 Å². The van der Waals surface area contributed by atoms with Crippen LogP contribution < -0.4 is 11.1 Å². The lowest BCUT2D eigenvalue weighted by molar-refractivity contribution is -0.141. The Bertz CT molecular complexity index is 582. The molecule has 0 aliphatic carbocycles. The van der Waals surface area contributed by atoms with Gasteiger partial charge in [0.2, 0.25) is 5.95 Å². The SMILES string of the molecule is NCCc1ccc(CNc2nccc(C(F)(F)F)n2)cc1. The Balaban J connectivity index is 1.99. The van der Waals surface area contributed by atoms with Crippen molar-refractivity contribution in [3.05, 3.63) is 53.3 Å². The molecule has 1 heterocycles. The van der Waals surface area contributed by atoms with E-state index in [-0.39, 0.29) is 5.95 Å². The molecule has 0 spiro atoms. The maximum absolute atomic E-state index is 12.5. The fraction of sp³-hybridized carbons (Fsp3) is 0.286. The largest absolute Gasteiger partial charge is 0.433 e. The van der Waals surface area contributed by atoms with Gasteiger partial charge >= 0.3 is 6.18 Å². The highest BCUT2D eigenvalue weighted by molar-refractivity contribution is 5.30. The van der Waals surface area contributed by atoms with E-state index < -0.39 is 11.9 Å². The summed E-state index contributed by atoms with van der Waals surface area (Å²) in [6, 6.07) is 8.51. The zero-order chi connectivity index (χ0) is 15.3. The number of aromatic nitrogens is 2. The van der Waals surface area contributed by atoms with Gasteiger partial charge in [0.25, 0.3) is 0 Å². The molecule has 0 aliphatic rings. The van der Waals surface area contributed by atoms with Gasteiger partial charge in [-0.3, -0.25) is 0 Å². The van der Waals surface area contributed by atoms with Crippen LogP contribution in [0.25, 0.3) is 0 Å². The number of nitrogens with one attached hydrogen (secondary N) is 1. The van der Waals surface area contributed by atoms with Crippen LogP contribution in [0.15, 0.2) is 36.5 Å². The number of hydrogen-bond donors (Lipinski definition) is 2. The van der Waals surface area contributed by atoms with Crippen molar-refractivity contribution in [1.29, 1.82) is 0 Å². The van der Waals surface area contributed by atoms with E-state index in [1.54, 1.807) is 0 Å². The van der Waals surface area contributed by atoms with E-state index in [1.807, 2.05) is 24.3 Å². The Labute approximate surface area is 120 Å². The van der Waals surface area contributed by atoms with E-state index in [0.717, 1.165) is 29.8 Å². The first-order valence-electron chi connectivity index (χ1n) is 6.41. The van der Waals surface area contributed by atoms with Crippen molar-refractivity contribution in [1.82, 2.24) is 9.97 Å². The summed E-state index contributed by atoms with van der Waals surface area (Å²) < 4.78 is 37.6. The van der Waals surface area contributed by atoms with Gasteiger partial charge in [0.05, 0.1) is 0 Å². The number of nitrogens with two attached hydrogens (primary N) is 1. The van der Waals surface area contributed by atoms with E-state index in [4.69, 9.17) is 5.73 Å². The van der Waals surface area contributed by atoms with Gasteiger partial charge in [-0.25, -0.2) is 9.97 Å². The monoisotopic (exact) mass is 296 g/mol. The molecular formula is C14H15F3N4. The van der Waals surface area contributed by atoms with Crippen LogP contribution in [-0.2, 0) is 19.1 Å². The van der Waals surface area contributed by atoms with Gasteiger partial charge in [0.15, 0.2) is 0 Å². The zero-order valence-corrected chi connectivity index (χ0v) is 11.2. The van der Waals surface area contributed by atoms with Gasteiger partial charge in [-0.05, 0) is 30.2 Å². The number of alkyl halides is 3. The molecule has 1 aromatic heterocycles. The third kappa shape index (κ3) is 4.42. The number of rotatable bonds is 5. The van der Waals surface area contributed by atoms with Crippen molar-refractivity contribution < 1.29 is 13.2 Å². The Morgan fingerprint density at radius 1 is 1.05 bits per heavy atom. The van der Waals surface area contributed by atoms with Crippen LogP contribution in [0.4, 0.5) is 19.1 Å². The summed E-state index contributed by atoms with van der Waals surface area (Å²) in [5.74, 6) is -0.0455. The van der Waals surface area contributed by atoms with Crippen LogP contribution in [-0.4, -0.2) is 16.5 Å². The molecule has 2 rings (SSSR count). The Hall–Kier alpha value is -2.15. The third-order valence-electron chi connectivity index (χ3n) is 2.85. The molecule has 21 heavy (non-hydrogen) atoms. The van der Waals surface area contributed by atoms with Gasteiger partial charge in [-0.2, -0.15) is 13.2 Å². The first-order chi connectivity index (χ1) is 9.99. The van der Waals surface area contributed by atoms with Crippen LogP contribution >= 0.6 is 0 Å². The summed E-state index contributed by atoms with van der Waals surface area (Å²) in [5, 5.41) is 2.78. The molecule has 0 radical (unpaired) electrons. The fourth-order valence-corrected chi connectivity index (χ4v) is 1.77. The fourth-order valence-electron chi connectivity index (χ4n) is 1.77. The topological polar surface area (TPSA) is 63.8 Å². The average Bonchev–Trinajstić information content (AvgIpc) is 2.46. The molecule has 0 saturated carbocycles. The van der Waals surface area contributed by atoms with Crippen LogP contribution in [0.5, 0.6) is 0 Å². The molecule has 7 heteroatoms. The first-order valence-corrected chi connectivity index (χ1v) is 6.41. The van der Waals surface area contributed by atoms with Crippen LogP contribution in [0.3, 0.4) is 0 Å². The summed E-state index contributed by atoms with van der Waals surface area (Å²) >= 11 is 0. The Morgan fingerprint density at radius 2 is 1.71 bits per heavy atom. The van der Waals surface area contributed by atoms with E-state index in [2.05, 4.69) is 15.3 Å². The van der Waals surface area contributed by atoms with Gasteiger partial charge < -0.3 is 11.1 Å². The number of halogens is 3. The molecule has 0 saturated heterocycles. The smallest absolute Gasteiger partial charge is 0.350 e. The number of anilines is 1. The number of nitrogens with zero attached hydrogens (tertiary/aromatic N) is 2. The second-order valence-corrected chi connectivity index (χ2v) is 4.47. The lowest BCUT2D eigenvalue weighted by Crippen LogP contribution is -2.11. The molecule has 0 amide bonds. The summed E-state index contributed by atoms with van der Waals surface area (Å²) in [6.07, 6.45) is -2.59. The molecule has 0 aliphatic heterocycles. The van der Waals surface area contributed by atoms with Crippen molar-refractivity contribution in [3.63, 3.8) is 0 Å². The minimum absolute atomic E-state index is 0.0455. The average molecular weight is 296 g/mol. The molecular weight excluding hydrogens is 281 g/mol. The van der Waals surface area contributed by atoms with Crippen LogP contribution in [0.2, 0.25) is 0 Å². The molecule has 1 aromatic carbocycles. The van der Waals surface area contributed by atoms with Gasteiger partial charge in [0, 0.05) is 12.7 Å². The highest BCUT2D eigenvalue weighted by Gasteiger charge is 2.32. The highest BCUT2D eigenvalue weighted by Crippen LogP contribution is 2.27. The Morgan fingerprint density at radius 3 is 2.33 bits per heavy atom. The lowest BCUT2D eigenvalue weighted by atomic mass is 10.1. The summed E-state index contributed by atoms with van der Waals surface area (Å²) in [4.78, 5) is 7.22. The lowest BCUT2D eigenvalue weighted by Gasteiger charge is -2.09. The number of benzene rings is 1. The van der Waals surface area contributed by atoms with Crippen LogP contribution in [0, 0.1) is 0 Å². The van der Waals surface area contributed by atoms with E-state index >= 15 is 0 Å². The minimum atomic E-state index is -4.47. The quantitative estimate of drug-likeness (QED) is 0.890. The third-order valence-corrected chi connectivity index (χ3v) is 2.85. The zero-order valence-electron chi connectivity index (χ0n) is 11.2. The summed E-state index contributed by atoms with van der Waals surface area (Å²) in [5.41, 5.74) is 6.55. The molecule has 0 fully saturated rings. The van der Waals surface area contributed by atoms with Crippen molar-refractivity contribution >= 4 is 5.95 Å². The van der Waals surface area contributed by atoms with Gasteiger partial charge in [-0.15, -0.1) is 0 Å². The molecule has 3 N–H and O–H groups in total. The standard InChI is InChI=1S/C14H15F3N4/c15-14(16,17)12-6-8-19-13(21-12)20-9-11-3-1-10(2-4-11)5-7-18/h1-4,6,8H,5,7,9,18H2,(H,19,20,21). The normalized spacial score (nSPS) is 11.4. The second kappa shape index (κ2) is 6.53. The van der Waals surface area contributed by atoms with Gasteiger partial charge in [-0.1, -0.05) is 24.3 Å². The maximum atomic E-state index is 12.5. The van der Waals surface area contributed by atoms with Crippen molar-refractivity contribution in [3.8, 4) is 0 Å². The molecule has 0 atom stereocenters. The predicted molar refractivity (Wildman–Crippen MR) is 73.6 cm³/mol. The van der Waals surface area contributed by atoms with E-state index in [1.165, 1.54) is 0 Å².